The van der Waals surface area contributed by atoms with Crippen LogP contribution in [0.1, 0.15) is 25.8 Å². The Morgan fingerprint density at radius 3 is 2.60 bits per heavy atom. The van der Waals surface area contributed by atoms with Crippen LogP contribution in [0.15, 0.2) is 35.6 Å². The standard InChI is InChI=1S/C20H22ClF3N4OS/c1-12-5-13(2)9-28(8-12)17-7-19(26-11-25-17)30-10-18(29)27-14-3-4-16(21)15(6-14)20(22,23)24/h3-4,6-7,11-13H,5,8-10H2,1-2H3,(H,27,29)/t12-,13+. The zero-order valence-corrected chi connectivity index (χ0v) is 18.1. The summed E-state index contributed by atoms with van der Waals surface area (Å²) in [6.45, 7) is 6.27. The van der Waals surface area contributed by atoms with E-state index in [0.29, 0.717) is 16.9 Å². The zero-order valence-electron chi connectivity index (χ0n) is 16.5. The van der Waals surface area contributed by atoms with E-state index in [1.54, 1.807) is 0 Å². The number of hydrogen-bond acceptors (Lipinski definition) is 5. The number of amides is 1. The topological polar surface area (TPSA) is 58.1 Å². The number of piperidine rings is 1. The normalized spacial score (nSPS) is 19.6. The predicted molar refractivity (Wildman–Crippen MR) is 113 cm³/mol. The molecular formula is C20H22ClF3N4OS. The summed E-state index contributed by atoms with van der Waals surface area (Å²) in [6, 6.07) is 5.12. The van der Waals surface area contributed by atoms with Crippen LogP contribution in [0.3, 0.4) is 0 Å². The van der Waals surface area contributed by atoms with Crippen LogP contribution < -0.4 is 10.2 Å². The van der Waals surface area contributed by atoms with Crippen molar-refractivity contribution < 1.29 is 18.0 Å². The van der Waals surface area contributed by atoms with Gasteiger partial charge in [-0.05, 0) is 36.5 Å². The van der Waals surface area contributed by atoms with Crippen molar-refractivity contribution in [3.63, 3.8) is 0 Å². The Morgan fingerprint density at radius 1 is 1.23 bits per heavy atom. The Morgan fingerprint density at radius 2 is 1.93 bits per heavy atom. The van der Waals surface area contributed by atoms with E-state index >= 15 is 0 Å². The molecule has 1 aromatic carbocycles. The molecule has 30 heavy (non-hydrogen) atoms. The lowest BCUT2D eigenvalue weighted by atomic mass is 9.92. The molecule has 0 saturated carbocycles. The minimum Gasteiger partial charge on any atom is -0.356 e. The summed E-state index contributed by atoms with van der Waals surface area (Å²) in [4.78, 5) is 23.0. The van der Waals surface area contributed by atoms with Gasteiger partial charge in [0.15, 0.2) is 0 Å². The number of halogens is 4. The minimum atomic E-state index is -4.59. The number of hydrogen-bond donors (Lipinski definition) is 1. The summed E-state index contributed by atoms with van der Waals surface area (Å²) in [5, 5.41) is 2.69. The van der Waals surface area contributed by atoms with Gasteiger partial charge in [0.05, 0.1) is 16.3 Å². The number of aromatic nitrogens is 2. The summed E-state index contributed by atoms with van der Waals surface area (Å²) in [5.74, 6) is 1.54. The Labute approximate surface area is 182 Å². The van der Waals surface area contributed by atoms with E-state index in [1.165, 1.54) is 30.6 Å². The summed E-state index contributed by atoms with van der Waals surface area (Å²) in [7, 11) is 0. The molecule has 0 spiro atoms. The molecule has 1 aromatic heterocycles. The highest BCUT2D eigenvalue weighted by Gasteiger charge is 2.33. The van der Waals surface area contributed by atoms with Crippen LogP contribution in [-0.4, -0.2) is 34.7 Å². The van der Waals surface area contributed by atoms with E-state index in [-0.39, 0.29) is 11.4 Å². The van der Waals surface area contributed by atoms with Gasteiger partial charge >= 0.3 is 6.18 Å². The fraction of sp³-hybridized carbons (Fsp3) is 0.450. The smallest absolute Gasteiger partial charge is 0.356 e. The molecule has 2 aromatic rings. The fourth-order valence-corrected chi connectivity index (χ4v) is 4.47. The van der Waals surface area contributed by atoms with Crippen LogP contribution in [0, 0.1) is 11.8 Å². The van der Waals surface area contributed by atoms with Crippen molar-refractivity contribution in [3.05, 3.63) is 41.2 Å². The largest absolute Gasteiger partial charge is 0.417 e. The van der Waals surface area contributed by atoms with Crippen LogP contribution in [0.2, 0.25) is 5.02 Å². The quantitative estimate of drug-likeness (QED) is 0.482. The first-order valence-corrected chi connectivity index (χ1v) is 10.8. The number of nitrogens with one attached hydrogen (secondary N) is 1. The number of carbonyl (C=O) groups excluding carboxylic acids is 1. The van der Waals surface area contributed by atoms with Crippen LogP contribution >= 0.6 is 23.4 Å². The number of anilines is 2. The first-order valence-electron chi connectivity index (χ1n) is 9.48. The monoisotopic (exact) mass is 458 g/mol. The van der Waals surface area contributed by atoms with Gasteiger partial charge in [-0.25, -0.2) is 9.97 Å². The van der Waals surface area contributed by atoms with E-state index in [2.05, 4.69) is 34.0 Å². The molecule has 10 heteroatoms. The summed E-state index contributed by atoms with van der Waals surface area (Å²) < 4.78 is 38.9. The number of nitrogens with zero attached hydrogens (tertiary/aromatic N) is 3. The molecule has 1 fully saturated rings. The number of rotatable bonds is 5. The van der Waals surface area contributed by atoms with Gasteiger partial charge in [-0.1, -0.05) is 37.2 Å². The highest BCUT2D eigenvalue weighted by atomic mass is 35.5. The molecule has 0 aliphatic carbocycles. The van der Waals surface area contributed by atoms with Crippen molar-refractivity contribution in [2.45, 2.75) is 31.5 Å². The zero-order chi connectivity index (χ0) is 21.9. The second kappa shape index (κ2) is 9.43. The first-order chi connectivity index (χ1) is 14.1. The number of alkyl halides is 3. The third-order valence-corrected chi connectivity index (χ3v) is 5.98. The van der Waals surface area contributed by atoms with Gasteiger partial charge in [-0.2, -0.15) is 13.2 Å². The molecule has 1 aliphatic rings. The van der Waals surface area contributed by atoms with Crippen molar-refractivity contribution in [2.24, 2.45) is 11.8 Å². The molecule has 2 heterocycles. The second-order valence-electron chi connectivity index (χ2n) is 7.59. The van der Waals surface area contributed by atoms with Gasteiger partial charge in [0, 0.05) is 24.8 Å². The summed E-state index contributed by atoms with van der Waals surface area (Å²) in [5.41, 5.74) is -0.947. The molecule has 1 N–H and O–H groups in total. The Balaban J connectivity index is 1.60. The third-order valence-electron chi connectivity index (χ3n) is 4.73. The average molecular weight is 459 g/mol. The van der Waals surface area contributed by atoms with Gasteiger partial charge < -0.3 is 10.2 Å². The molecule has 1 aliphatic heterocycles. The third kappa shape index (κ3) is 6.01. The van der Waals surface area contributed by atoms with Crippen molar-refractivity contribution in [3.8, 4) is 0 Å². The molecule has 162 valence electrons. The van der Waals surface area contributed by atoms with Crippen molar-refractivity contribution >= 4 is 40.8 Å². The Kier molecular flexibility index (Phi) is 7.13. The minimum absolute atomic E-state index is 0.00718. The fourth-order valence-electron chi connectivity index (χ4n) is 3.59. The molecule has 1 saturated heterocycles. The first kappa shape index (κ1) is 22.7. The van der Waals surface area contributed by atoms with E-state index in [0.717, 1.165) is 31.0 Å². The maximum atomic E-state index is 13.0. The van der Waals surface area contributed by atoms with Gasteiger partial charge in [-0.15, -0.1) is 0 Å². The van der Waals surface area contributed by atoms with E-state index in [4.69, 9.17) is 11.6 Å². The predicted octanol–water partition coefficient (Wildman–Crippen LogP) is 5.36. The van der Waals surface area contributed by atoms with Gasteiger partial charge in [0.2, 0.25) is 5.91 Å². The highest BCUT2D eigenvalue weighted by molar-refractivity contribution is 7.99. The van der Waals surface area contributed by atoms with Crippen molar-refractivity contribution in [2.75, 3.05) is 29.1 Å². The molecule has 3 rings (SSSR count). The second-order valence-corrected chi connectivity index (χ2v) is 9.00. The molecule has 0 unspecified atom stereocenters. The highest BCUT2D eigenvalue weighted by Crippen LogP contribution is 2.36. The van der Waals surface area contributed by atoms with Crippen LogP contribution in [0.4, 0.5) is 24.7 Å². The SMILES string of the molecule is C[C@@H]1C[C@H](C)CN(c2cc(SCC(=O)Nc3ccc(Cl)c(C(F)(F)F)c3)ncn2)C1. The molecule has 0 bridgehead atoms. The molecule has 2 atom stereocenters. The van der Waals surface area contributed by atoms with Crippen LogP contribution in [-0.2, 0) is 11.0 Å². The lowest BCUT2D eigenvalue weighted by Crippen LogP contribution is -2.39. The van der Waals surface area contributed by atoms with Gasteiger partial charge in [0.1, 0.15) is 17.2 Å². The Hall–Kier alpha value is -2.00. The average Bonchev–Trinajstić information content (AvgIpc) is 2.66. The van der Waals surface area contributed by atoms with E-state index in [1.807, 2.05) is 6.07 Å². The Bertz CT molecular complexity index is 902. The number of carbonyl (C=O) groups is 1. The van der Waals surface area contributed by atoms with E-state index in [9.17, 15) is 18.0 Å². The molecule has 1 amide bonds. The lowest BCUT2D eigenvalue weighted by molar-refractivity contribution is -0.137. The van der Waals surface area contributed by atoms with Crippen molar-refractivity contribution in [1.29, 1.82) is 0 Å². The molecule has 5 nitrogen and oxygen atoms in total. The number of thioether (sulfide) groups is 1. The number of benzene rings is 1. The van der Waals surface area contributed by atoms with Gasteiger partial charge in [-0.3, -0.25) is 4.79 Å². The maximum absolute atomic E-state index is 13.0. The molecular weight excluding hydrogens is 437 g/mol. The molecule has 0 radical (unpaired) electrons. The van der Waals surface area contributed by atoms with Crippen LogP contribution in [0.5, 0.6) is 0 Å². The lowest BCUT2D eigenvalue weighted by Gasteiger charge is -2.35. The van der Waals surface area contributed by atoms with E-state index < -0.39 is 22.7 Å². The van der Waals surface area contributed by atoms with Crippen LogP contribution in [0.25, 0.3) is 0 Å². The summed E-state index contributed by atoms with van der Waals surface area (Å²) >= 11 is 6.80. The maximum Gasteiger partial charge on any atom is 0.417 e. The van der Waals surface area contributed by atoms with Gasteiger partial charge in [0.25, 0.3) is 0 Å². The summed E-state index contributed by atoms with van der Waals surface area (Å²) in [6.07, 6.45) is -1.94. The van der Waals surface area contributed by atoms with Crippen molar-refractivity contribution in [1.82, 2.24) is 9.97 Å².